The molecule has 2 heterocycles. The first-order chi connectivity index (χ1) is 13.9. The predicted molar refractivity (Wildman–Crippen MR) is 116 cm³/mol. The molecule has 0 radical (unpaired) electrons. The third kappa shape index (κ3) is 5.42. The molecule has 2 aromatic rings. The molecular formula is C22H29N3O3S. The number of anilines is 1. The topological polar surface area (TPSA) is 71.5 Å². The van der Waals surface area contributed by atoms with Gasteiger partial charge in [-0.25, -0.2) is 4.98 Å². The lowest BCUT2D eigenvalue weighted by molar-refractivity contribution is -0.149. The molecule has 29 heavy (non-hydrogen) atoms. The molecule has 1 amide bonds. The molecule has 0 unspecified atom stereocenters. The number of ether oxygens (including phenoxy) is 1. The van der Waals surface area contributed by atoms with Crippen LogP contribution in [0.3, 0.4) is 0 Å². The Kier molecular flexibility index (Phi) is 7.03. The van der Waals surface area contributed by atoms with Gasteiger partial charge in [0.05, 0.1) is 24.8 Å². The zero-order chi connectivity index (χ0) is 21.0. The lowest BCUT2D eigenvalue weighted by atomic mass is 9.97. The number of amides is 1. The zero-order valence-electron chi connectivity index (χ0n) is 17.6. The van der Waals surface area contributed by atoms with Crippen LogP contribution in [0, 0.1) is 26.7 Å². The second-order valence-corrected chi connectivity index (χ2v) is 8.52. The Hall–Kier alpha value is -2.25. The van der Waals surface area contributed by atoms with Crippen molar-refractivity contribution in [2.24, 2.45) is 5.92 Å². The van der Waals surface area contributed by atoms with Gasteiger partial charge in [0.2, 0.25) is 5.91 Å². The van der Waals surface area contributed by atoms with Crippen molar-refractivity contribution in [2.45, 2.75) is 40.5 Å². The molecule has 1 aromatic heterocycles. The van der Waals surface area contributed by atoms with Crippen LogP contribution in [0.4, 0.5) is 5.13 Å². The summed E-state index contributed by atoms with van der Waals surface area (Å²) in [6, 6.07) is 4.31. The maximum Gasteiger partial charge on any atom is 0.309 e. The number of piperidine rings is 1. The van der Waals surface area contributed by atoms with Crippen molar-refractivity contribution in [1.82, 2.24) is 9.88 Å². The maximum absolute atomic E-state index is 12.4. The number of thiazole rings is 1. The fourth-order valence-electron chi connectivity index (χ4n) is 3.98. The largest absolute Gasteiger partial charge is 0.466 e. The molecule has 1 fully saturated rings. The van der Waals surface area contributed by atoms with E-state index >= 15 is 0 Å². The van der Waals surface area contributed by atoms with E-state index in [4.69, 9.17) is 4.74 Å². The molecule has 1 saturated heterocycles. The van der Waals surface area contributed by atoms with E-state index in [9.17, 15) is 9.59 Å². The number of carbonyl (C=O) groups is 2. The number of nitrogens with one attached hydrogen (secondary N) is 1. The van der Waals surface area contributed by atoms with Gasteiger partial charge < -0.3 is 10.1 Å². The summed E-state index contributed by atoms with van der Waals surface area (Å²) in [6.45, 7) is 10.3. The number of hydrogen-bond acceptors (Lipinski definition) is 6. The first kappa shape index (κ1) is 21.5. The first-order valence-electron chi connectivity index (χ1n) is 10.1. The number of likely N-dealkylation sites (tertiary alicyclic amines) is 1. The highest BCUT2D eigenvalue weighted by Gasteiger charge is 2.27. The highest BCUT2D eigenvalue weighted by Crippen LogP contribution is 2.31. The lowest BCUT2D eigenvalue weighted by Gasteiger charge is -2.30. The van der Waals surface area contributed by atoms with Crippen LogP contribution in [-0.4, -0.2) is 48.0 Å². The van der Waals surface area contributed by atoms with Crippen molar-refractivity contribution >= 4 is 28.3 Å². The molecular weight excluding hydrogens is 386 g/mol. The van der Waals surface area contributed by atoms with Crippen LogP contribution < -0.4 is 5.32 Å². The summed E-state index contributed by atoms with van der Waals surface area (Å²) in [4.78, 5) is 31.0. The van der Waals surface area contributed by atoms with E-state index in [0.717, 1.165) is 37.2 Å². The van der Waals surface area contributed by atoms with E-state index in [0.29, 0.717) is 18.3 Å². The van der Waals surface area contributed by atoms with Crippen molar-refractivity contribution in [3.05, 3.63) is 34.2 Å². The van der Waals surface area contributed by atoms with Gasteiger partial charge in [-0.1, -0.05) is 17.7 Å². The van der Waals surface area contributed by atoms with Gasteiger partial charge in [-0.15, -0.1) is 11.3 Å². The minimum atomic E-state index is -0.117. The molecule has 1 aromatic carbocycles. The Morgan fingerprint density at radius 2 is 1.86 bits per heavy atom. The summed E-state index contributed by atoms with van der Waals surface area (Å²) in [5.74, 6) is -0.233. The molecule has 1 N–H and O–H groups in total. The number of benzene rings is 1. The Balaban J connectivity index is 1.55. The van der Waals surface area contributed by atoms with Crippen LogP contribution in [-0.2, 0) is 14.3 Å². The molecule has 7 heteroatoms. The van der Waals surface area contributed by atoms with Gasteiger partial charge in [-0.05, 0) is 64.8 Å². The first-order valence-corrected chi connectivity index (χ1v) is 11.0. The molecule has 1 aliphatic heterocycles. The average molecular weight is 416 g/mol. The van der Waals surface area contributed by atoms with Gasteiger partial charge in [0.25, 0.3) is 0 Å². The van der Waals surface area contributed by atoms with Crippen LogP contribution in [0.25, 0.3) is 11.3 Å². The molecule has 3 rings (SSSR count). The summed E-state index contributed by atoms with van der Waals surface area (Å²) in [7, 11) is 0. The zero-order valence-corrected chi connectivity index (χ0v) is 18.4. The molecule has 0 bridgehead atoms. The van der Waals surface area contributed by atoms with Crippen molar-refractivity contribution < 1.29 is 14.3 Å². The van der Waals surface area contributed by atoms with Crippen molar-refractivity contribution in [3.8, 4) is 11.3 Å². The van der Waals surface area contributed by atoms with Crippen molar-refractivity contribution in [3.63, 3.8) is 0 Å². The number of nitrogens with zero attached hydrogens (tertiary/aromatic N) is 2. The Labute approximate surface area is 176 Å². The average Bonchev–Trinajstić information content (AvgIpc) is 3.09. The van der Waals surface area contributed by atoms with E-state index in [1.54, 1.807) is 0 Å². The van der Waals surface area contributed by atoms with E-state index in [-0.39, 0.29) is 17.8 Å². The second kappa shape index (κ2) is 9.50. The molecule has 0 saturated carbocycles. The summed E-state index contributed by atoms with van der Waals surface area (Å²) in [6.07, 6.45) is 1.47. The summed E-state index contributed by atoms with van der Waals surface area (Å²) in [5, 5.41) is 5.53. The predicted octanol–water partition coefficient (Wildman–Crippen LogP) is 3.95. The SMILES string of the molecule is CCOC(=O)C1CCN(CC(=O)Nc2nc(-c3c(C)cc(C)cc3C)cs2)CC1. The molecule has 0 atom stereocenters. The van der Waals surface area contributed by atoms with Crippen LogP contribution in [0.5, 0.6) is 0 Å². The number of hydrogen-bond donors (Lipinski definition) is 1. The van der Waals surface area contributed by atoms with Crippen molar-refractivity contribution in [2.75, 3.05) is 31.6 Å². The molecule has 156 valence electrons. The van der Waals surface area contributed by atoms with Crippen LogP contribution in [0.1, 0.15) is 36.5 Å². The van der Waals surface area contributed by atoms with Gasteiger partial charge >= 0.3 is 5.97 Å². The summed E-state index contributed by atoms with van der Waals surface area (Å²) >= 11 is 1.44. The smallest absolute Gasteiger partial charge is 0.309 e. The van der Waals surface area contributed by atoms with Crippen molar-refractivity contribution in [1.29, 1.82) is 0 Å². The Morgan fingerprint density at radius 3 is 2.48 bits per heavy atom. The third-order valence-corrected chi connectivity index (χ3v) is 6.02. The fraction of sp³-hybridized carbons (Fsp3) is 0.500. The quantitative estimate of drug-likeness (QED) is 0.724. The number of aromatic nitrogens is 1. The van der Waals surface area contributed by atoms with Crippen LogP contribution in [0.15, 0.2) is 17.5 Å². The fourth-order valence-corrected chi connectivity index (χ4v) is 4.70. The minimum absolute atomic E-state index is 0.0447. The normalized spacial score (nSPS) is 15.3. The number of rotatable bonds is 6. The second-order valence-electron chi connectivity index (χ2n) is 7.66. The Morgan fingerprint density at radius 1 is 1.21 bits per heavy atom. The lowest BCUT2D eigenvalue weighted by Crippen LogP contribution is -2.41. The monoisotopic (exact) mass is 415 g/mol. The maximum atomic E-state index is 12.4. The van der Waals surface area contributed by atoms with E-state index in [1.807, 2.05) is 12.3 Å². The highest BCUT2D eigenvalue weighted by molar-refractivity contribution is 7.14. The summed E-state index contributed by atoms with van der Waals surface area (Å²) in [5.41, 5.74) is 5.65. The van der Waals surface area contributed by atoms with Gasteiger partial charge in [-0.3, -0.25) is 14.5 Å². The third-order valence-electron chi connectivity index (χ3n) is 5.26. The molecule has 6 nitrogen and oxygen atoms in total. The number of esters is 1. The standard InChI is InChI=1S/C22H29N3O3S/c1-5-28-21(27)17-6-8-25(9-7-17)12-19(26)24-22-23-18(13-29-22)20-15(3)10-14(2)11-16(20)4/h10-11,13,17H,5-9,12H2,1-4H3,(H,23,24,26). The molecule has 0 aliphatic carbocycles. The van der Waals surface area contributed by atoms with E-state index in [1.165, 1.54) is 28.0 Å². The highest BCUT2D eigenvalue weighted by atomic mass is 32.1. The molecule has 0 spiro atoms. The van der Waals surface area contributed by atoms with Gasteiger partial charge in [0.15, 0.2) is 5.13 Å². The number of aryl methyl sites for hydroxylation is 3. The van der Waals surface area contributed by atoms with Gasteiger partial charge in [0.1, 0.15) is 0 Å². The number of carbonyl (C=O) groups excluding carboxylic acids is 2. The van der Waals surface area contributed by atoms with Crippen LogP contribution >= 0.6 is 11.3 Å². The molecule has 1 aliphatic rings. The minimum Gasteiger partial charge on any atom is -0.466 e. The van der Waals surface area contributed by atoms with E-state index < -0.39 is 0 Å². The van der Waals surface area contributed by atoms with E-state index in [2.05, 4.69) is 48.1 Å². The van der Waals surface area contributed by atoms with Gasteiger partial charge in [-0.2, -0.15) is 0 Å². The van der Waals surface area contributed by atoms with Crippen LogP contribution in [0.2, 0.25) is 0 Å². The van der Waals surface area contributed by atoms with Gasteiger partial charge in [0, 0.05) is 10.9 Å². The summed E-state index contributed by atoms with van der Waals surface area (Å²) < 4.78 is 5.10. The Bertz CT molecular complexity index is 862.